The van der Waals surface area contributed by atoms with Crippen LogP contribution in [0.25, 0.3) is 121 Å². The van der Waals surface area contributed by atoms with Crippen LogP contribution in [0.2, 0.25) is 0 Å². The van der Waals surface area contributed by atoms with Gasteiger partial charge in [0.2, 0.25) is 0 Å². The molecule has 0 unspecified atom stereocenters. The molecule has 0 aliphatic carbocycles. The molecule has 0 aromatic heterocycles. The average molecular weight is 897 g/mol. The molecule has 70 heavy (non-hydrogen) atoms. The van der Waals surface area contributed by atoms with E-state index in [4.69, 9.17) is 0 Å². The van der Waals surface area contributed by atoms with Crippen LogP contribution in [0.5, 0.6) is 0 Å². The molecule has 0 aliphatic rings. The fourth-order valence-electron chi connectivity index (χ4n) is 10.5. The van der Waals surface area contributed by atoms with Gasteiger partial charge in [0.1, 0.15) is 5.82 Å². The Bertz CT molecular complexity index is 3610. The zero-order chi connectivity index (χ0) is 47.3. The van der Waals surface area contributed by atoms with Gasteiger partial charge in [0, 0.05) is 0 Å². The van der Waals surface area contributed by atoms with Crippen LogP contribution in [-0.4, -0.2) is 0 Å². The van der Waals surface area contributed by atoms with Crippen LogP contribution < -0.4 is 0 Å². The maximum Gasteiger partial charge on any atom is 0.123 e. The lowest BCUT2D eigenvalue weighted by Gasteiger charge is -2.26. The highest BCUT2D eigenvalue weighted by Crippen LogP contribution is 2.54. The van der Waals surface area contributed by atoms with Gasteiger partial charge in [-0.3, -0.25) is 0 Å². The van der Waals surface area contributed by atoms with E-state index in [-0.39, 0.29) is 5.82 Å². The van der Waals surface area contributed by atoms with E-state index in [0.717, 1.165) is 49.7 Å². The highest BCUT2D eigenvalue weighted by atomic mass is 19.1. The fourth-order valence-corrected chi connectivity index (χ4v) is 10.5. The molecule has 0 fully saturated rings. The molecule has 0 saturated carbocycles. The Morgan fingerprint density at radius 2 is 0.457 bits per heavy atom. The van der Waals surface area contributed by atoms with Gasteiger partial charge in [0.25, 0.3) is 0 Å². The van der Waals surface area contributed by atoms with Gasteiger partial charge < -0.3 is 0 Å². The topological polar surface area (TPSA) is 0 Å². The maximum absolute atomic E-state index is 14.5. The molecule has 0 radical (unpaired) electrons. The molecule has 12 rings (SSSR count). The van der Waals surface area contributed by atoms with Crippen molar-refractivity contribution in [1.82, 2.24) is 0 Å². The van der Waals surface area contributed by atoms with E-state index in [1.807, 2.05) is 12.1 Å². The van der Waals surface area contributed by atoms with Crippen molar-refractivity contribution in [3.05, 3.63) is 265 Å². The van der Waals surface area contributed by atoms with Crippen molar-refractivity contribution in [2.45, 2.75) is 20.8 Å². The zero-order valence-corrected chi connectivity index (χ0v) is 39.5. The quantitative estimate of drug-likeness (QED) is 0.133. The number of halogens is 1. The molecule has 0 atom stereocenters. The lowest BCUT2D eigenvalue weighted by atomic mass is 9.76. The van der Waals surface area contributed by atoms with E-state index in [9.17, 15) is 4.39 Å². The summed E-state index contributed by atoms with van der Waals surface area (Å²) in [7, 11) is 0. The molecule has 0 N–H and O–H groups in total. The second-order valence-electron chi connectivity index (χ2n) is 18.8. The molecule has 0 bridgehead atoms. The van der Waals surface area contributed by atoms with Crippen molar-refractivity contribution < 1.29 is 4.39 Å². The number of benzene rings is 12. The molecule has 0 amide bonds. The Morgan fingerprint density at radius 3 is 0.800 bits per heavy atom. The molecule has 0 nitrogen and oxygen atoms in total. The molecule has 0 aliphatic heterocycles. The second kappa shape index (κ2) is 17.8. The highest BCUT2D eigenvalue weighted by molar-refractivity contribution is 6.34. The number of hydrogen-bond donors (Lipinski definition) is 0. The van der Waals surface area contributed by atoms with Crippen LogP contribution in [0.3, 0.4) is 0 Å². The van der Waals surface area contributed by atoms with Crippen molar-refractivity contribution in [1.29, 1.82) is 0 Å². The van der Waals surface area contributed by atoms with E-state index < -0.39 is 0 Å². The largest absolute Gasteiger partial charge is 0.207 e. The van der Waals surface area contributed by atoms with Gasteiger partial charge in [0.05, 0.1) is 0 Å². The number of rotatable bonds is 8. The van der Waals surface area contributed by atoms with Crippen LogP contribution in [-0.2, 0) is 0 Å². The Hall–Kier alpha value is -8.65. The van der Waals surface area contributed by atoms with Gasteiger partial charge in [-0.05, 0) is 166 Å². The Kier molecular flexibility index (Phi) is 10.8. The van der Waals surface area contributed by atoms with E-state index in [0.29, 0.717) is 0 Å². The van der Waals surface area contributed by atoms with Crippen LogP contribution in [0, 0.1) is 26.6 Å². The minimum Gasteiger partial charge on any atom is -0.207 e. The molecule has 0 heterocycles. The van der Waals surface area contributed by atoms with Crippen molar-refractivity contribution in [2.75, 3.05) is 0 Å². The third kappa shape index (κ3) is 7.76. The van der Waals surface area contributed by atoms with E-state index in [1.54, 1.807) is 12.1 Å². The minimum atomic E-state index is -0.249. The lowest BCUT2D eigenvalue weighted by molar-refractivity contribution is 0.628. The van der Waals surface area contributed by atoms with Gasteiger partial charge >= 0.3 is 0 Å². The zero-order valence-electron chi connectivity index (χ0n) is 39.5. The van der Waals surface area contributed by atoms with Crippen LogP contribution in [0.15, 0.2) is 243 Å². The van der Waals surface area contributed by atoms with Crippen molar-refractivity contribution in [2.24, 2.45) is 0 Å². The van der Waals surface area contributed by atoms with Crippen LogP contribution in [0.1, 0.15) is 16.7 Å². The first-order chi connectivity index (χ1) is 34.3. The first-order valence-electron chi connectivity index (χ1n) is 24.2. The molecular weight excluding hydrogens is 848 g/mol. The van der Waals surface area contributed by atoms with E-state index >= 15 is 0 Å². The summed E-state index contributed by atoms with van der Waals surface area (Å²) in [5.74, 6) is -0.249. The summed E-state index contributed by atoms with van der Waals surface area (Å²) in [5, 5.41) is 7.02. The van der Waals surface area contributed by atoms with Crippen molar-refractivity contribution in [3.63, 3.8) is 0 Å². The average Bonchev–Trinajstić information content (AvgIpc) is 3.41. The fraction of sp³-hybridized carbons (Fsp3) is 0.0435. The normalized spacial score (nSPS) is 11.4. The summed E-state index contributed by atoms with van der Waals surface area (Å²) < 4.78 is 14.5. The molecular formula is C69H49F. The van der Waals surface area contributed by atoms with Gasteiger partial charge in [0.15, 0.2) is 0 Å². The first kappa shape index (κ1) is 42.7. The Labute approximate surface area is 409 Å². The molecule has 0 spiro atoms. The van der Waals surface area contributed by atoms with E-state index in [2.05, 4.69) is 239 Å². The summed E-state index contributed by atoms with van der Waals surface area (Å²) in [4.78, 5) is 0. The standard InChI is InChI=1S/C69H49F/c1-44-14-20-47(21-15-44)49-26-30-55(31-27-49)64-60-40-36-57(51-24-18-46(3)19-25-51)42-62(60)66(53-10-6-4-7-11-53)68-65(56-32-28-50(29-33-56)48-22-16-45(2)17-23-48)61-41-37-58(52-34-38-59(70)39-35-52)43-63(61)67(69(64)68)54-12-8-5-9-13-54/h4-43H,1-3H3. The minimum absolute atomic E-state index is 0.249. The van der Waals surface area contributed by atoms with E-state index in [1.165, 1.54) is 88.3 Å². The maximum atomic E-state index is 14.5. The van der Waals surface area contributed by atoms with Gasteiger partial charge in [-0.15, -0.1) is 0 Å². The molecule has 12 aromatic rings. The van der Waals surface area contributed by atoms with Gasteiger partial charge in [-0.25, -0.2) is 4.39 Å². The molecule has 0 saturated heterocycles. The van der Waals surface area contributed by atoms with Crippen molar-refractivity contribution >= 4 is 32.3 Å². The molecule has 12 aromatic carbocycles. The summed E-state index contributed by atoms with van der Waals surface area (Å²) in [5.41, 5.74) is 22.0. The first-order valence-corrected chi connectivity index (χ1v) is 24.2. The summed E-state index contributed by atoms with van der Waals surface area (Å²) in [6.45, 7) is 6.41. The predicted molar refractivity (Wildman–Crippen MR) is 297 cm³/mol. The third-order valence-electron chi connectivity index (χ3n) is 14.2. The second-order valence-corrected chi connectivity index (χ2v) is 18.8. The summed E-state index contributed by atoms with van der Waals surface area (Å²) in [6.07, 6.45) is 0. The number of aryl methyl sites for hydroxylation is 3. The number of fused-ring (bicyclic) bond motifs is 3. The summed E-state index contributed by atoms with van der Waals surface area (Å²) >= 11 is 0. The summed E-state index contributed by atoms with van der Waals surface area (Å²) in [6, 6.07) is 87.6. The van der Waals surface area contributed by atoms with Crippen LogP contribution in [0.4, 0.5) is 4.39 Å². The van der Waals surface area contributed by atoms with Gasteiger partial charge in [-0.1, -0.05) is 235 Å². The molecule has 332 valence electrons. The van der Waals surface area contributed by atoms with Gasteiger partial charge in [-0.2, -0.15) is 0 Å². The predicted octanol–water partition coefficient (Wildman–Crippen LogP) is 19.5. The smallest absolute Gasteiger partial charge is 0.123 e. The highest BCUT2D eigenvalue weighted by Gasteiger charge is 2.27. The Balaban J connectivity index is 1.29. The third-order valence-corrected chi connectivity index (χ3v) is 14.2. The SMILES string of the molecule is Cc1ccc(-c2ccc(-c3c4ccc(-c5ccc(C)cc5)cc4c(-c4ccccc4)c4c(-c5ccc(-c6ccc(C)cc6)cc5)c5ccc(-c6ccc(F)cc6)cc5c(-c5ccccc5)c34)cc2)cc1. The van der Waals surface area contributed by atoms with Crippen LogP contribution >= 0.6 is 0 Å². The van der Waals surface area contributed by atoms with Crippen molar-refractivity contribution in [3.8, 4) is 89.0 Å². The monoisotopic (exact) mass is 896 g/mol. The Morgan fingerprint density at radius 1 is 0.214 bits per heavy atom. The lowest BCUT2D eigenvalue weighted by Crippen LogP contribution is -1.98. The number of hydrogen-bond acceptors (Lipinski definition) is 0. The molecule has 1 heteroatoms.